The summed E-state index contributed by atoms with van der Waals surface area (Å²) in [6.07, 6.45) is 3.58. The molecule has 0 saturated carbocycles. The topological polar surface area (TPSA) is 0 Å². The largest absolute Gasteiger partial charge is 0.306 e. The van der Waals surface area contributed by atoms with Crippen molar-refractivity contribution in [3.8, 4) is 0 Å². The first-order valence-electron chi connectivity index (χ1n) is 10.8. The first-order valence-corrected chi connectivity index (χ1v) is 10.8. The van der Waals surface area contributed by atoms with Crippen LogP contribution in [0.5, 0.6) is 0 Å². The summed E-state index contributed by atoms with van der Waals surface area (Å²) in [5, 5.41) is 0. The molecule has 0 bridgehead atoms. The molecule has 0 aromatic heterocycles. The Morgan fingerprint density at radius 2 is 1.10 bits per heavy atom. The maximum Gasteiger partial charge on any atom is 0 e. The quantitative estimate of drug-likeness (QED) is 0.169. The Labute approximate surface area is 232 Å². The van der Waals surface area contributed by atoms with E-state index in [0.29, 0.717) is 16.2 Å². The molecule has 0 nitrogen and oxygen atoms in total. The summed E-state index contributed by atoms with van der Waals surface area (Å²) in [5.74, 6) is 3.14. The molecule has 2 aliphatic rings. The second-order valence-corrected chi connectivity index (χ2v) is 12.0. The number of hydrogen-bond acceptors (Lipinski definition) is 0. The van der Waals surface area contributed by atoms with Gasteiger partial charge < -0.3 is 5.92 Å². The first-order chi connectivity index (χ1) is 11.8. The van der Waals surface area contributed by atoms with E-state index in [1.54, 1.807) is 17.1 Å². The van der Waals surface area contributed by atoms with E-state index in [-0.39, 0.29) is 73.1 Å². The molecule has 2 aliphatic carbocycles. The van der Waals surface area contributed by atoms with Crippen molar-refractivity contribution in [1.29, 1.82) is 0 Å². The molecule has 0 aliphatic heterocycles. The van der Waals surface area contributed by atoms with E-state index in [4.69, 9.17) is 0 Å². The van der Waals surface area contributed by atoms with Crippen LogP contribution in [0.1, 0.15) is 110 Å². The van der Waals surface area contributed by atoms with Gasteiger partial charge in [0.05, 0.1) is 0 Å². The molecular formula is C27H48U2-2. The van der Waals surface area contributed by atoms with Crippen molar-refractivity contribution < 1.29 is 62.2 Å². The van der Waals surface area contributed by atoms with Crippen molar-refractivity contribution in [3.05, 3.63) is 34.6 Å². The third-order valence-electron chi connectivity index (χ3n) is 10.3. The SMILES string of the molecule is CC1=C(C)C(C)(C)C(C)(C)[C-](C)C1.CC1=C[C-](C)C(C)(C)C(C)(C)C1(C)C.[U].[U]. The van der Waals surface area contributed by atoms with Gasteiger partial charge >= 0.3 is 0 Å². The van der Waals surface area contributed by atoms with E-state index < -0.39 is 0 Å². The summed E-state index contributed by atoms with van der Waals surface area (Å²) in [4.78, 5) is 0. The summed E-state index contributed by atoms with van der Waals surface area (Å²) < 4.78 is 0. The fraction of sp³-hybridized carbons (Fsp3) is 0.778. The third-order valence-corrected chi connectivity index (χ3v) is 10.3. The molecule has 0 atom stereocenters. The molecule has 0 spiro atoms. The minimum atomic E-state index is 0. The average Bonchev–Trinajstić information content (AvgIpc) is 2.51. The van der Waals surface area contributed by atoms with Crippen molar-refractivity contribution in [2.45, 2.75) is 110 Å². The normalized spacial score (nSPS) is 26.3. The van der Waals surface area contributed by atoms with Crippen LogP contribution in [0.15, 0.2) is 22.8 Å². The summed E-state index contributed by atoms with van der Waals surface area (Å²) in [7, 11) is 0. The van der Waals surface area contributed by atoms with Crippen LogP contribution in [0.25, 0.3) is 0 Å². The molecule has 0 aromatic rings. The molecule has 0 aromatic carbocycles. The van der Waals surface area contributed by atoms with Crippen molar-refractivity contribution in [3.63, 3.8) is 0 Å². The summed E-state index contributed by atoms with van der Waals surface area (Å²) in [6, 6.07) is 0. The molecule has 0 amide bonds. The van der Waals surface area contributed by atoms with E-state index in [2.05, 4.69) is 110 Å². The van der Waals surface area contributed by atoms with Crippen molar-refractivity contribution in [2.75, 3.05) is 0 Å². The van der Waals surface area contributed by atoms with Gasteiger partial charge in [0.2, 0.25) is 0 Å². The molecule has 0 saturated heterocycles. The van der Waals surface area contributed by atoms with Gasteiger partial charge in [0.1, 0.15) is 0 Å². The molecule has 0 unspecified atom stereocenters. The second-order valence-electron chi connectivity index (χ2n) is 12.0. The van der Waals surface area contributed by atoms with Crippen LogP contribution in [0.4, 0.5) is 0 Å². The Balaban J connectivity index is 0. The fourth-order valence-electron chi connectivity index (χ4n) is 4.74. The van der Waals surface area contributed by atoms with Gasteiger partial charge in [-0.3, -0.25) is 0 Å². The van der Waals surface area contributed by atoms with Gasteiger partial charge in [-0.2, -0.15) is 13.3 Å². The van der Waals surface area contributed by atoms with Crippen LogP contribution in [0.2, 0.25) is 0 Å². The second kappa shape index (κ2) is 10.2. The van der Waals surface area contributed by atoms with Gasteiger partial charge in [0.15, 0.2) is 0 Å². The van der Waals surface area contributed by atoms with Gasteiger partial charge in [-0.1, -0.05) is 85.6 Å². The molecule has 0 heterocycles. The van der Waals surface area contributed by atoms with E-state index in [0.717, 1.165) is 0 Å². The number of allylic oxidation sites excluding steroid dienone is 4. The number of rotatable bonds is 0. The van der Waals surface area contributed by atoms with Gasteiger partial charge in [-0.05, 0) is 24.7 Å². The Morgan fingerprint density at radius 1 is 0.690 bits per heavy atom. The summed E-state index contributed by atoms with van der Waals surface area (Å²) in [6.45, 7) is 35.2. The molecule has 29 heavy (non-hydrogen) atoms. The maximum absolute atomic E-state index is 2.40. The van der Waals surface area contributed by atoms with Crippen LogP contribution < -0.4 is 0 Å². The van der Waals surface area contributed by atoms with Crippen LogP contribution in [0, 0.1) is 101 Å². The van der Waals surface area contributed by atoms with Gasteiger partial charge in [0, 0.05) is 62.2 Å². The zero-order valence-electron chi connectivity index (χ0n) is 22.3. The summed E-state index contributed by atoms with van der Waals surface area (Å²) >= 11 is 0. The zero-order chi connectivity index (χ0) is 21.8. The minimum Gasteiger partial charge on any atom is -0.306 e. The van der Waals surface area contributed by atoms with Crippen LogP contribution in [-0.2, 0) is 0 Å². The molecule has 0 N–H and O–H groups in total. The van der Waals surface area contributed by atoms with Crippen LogP contribution in [-0.4, -0.2) is 0 Å². The van der Waals surface area contributed by atoms with Crippen LogP contribution >= 0.6 is 0 Å². The first kappa shape index (κ1) is 32.6. The van der Waals surface area contributed by atoms with Gasteiger partial charge in [0.25, 0.3) is 0 Å². The summed E-state index contributed by atoms with van der Waals surface area (Å²) in [5.41, 5.74) is 6.22. The molecule has 2 heteroatoms. The Kier molecular flexibility index (Phi) is 11.4. The smallest absolute Gasteiger partial charge is 0 e. The predicted octanol–water partition coefficient (Wildman–Crippen LogP) is 8.99. The Hall–Kier alpha value is 1.45. The monoisotopic (exact) mass is 848 g/mol. The molecule has 166 valence electrons. The maximum atomic E-state index is 2.40. The molecule has 0 radical (unpaired) electrons. The standard InChI is InChI=1S/C14H25.C13H23.2U/c1-10-9-11(2)13(5,6)14(7,8)12(10,3)4;1-9-8-10(2)12(4,5)13(6,7)11(9)3;;/h9H,1-8H3;8H2,1-7H3;;/q2*-1;;. The molecule has 2 rings (SSSR count). The zero-order valence-corrected chi connectivity index (χ0v) is 30.6. The van der Waals surface area contributed by atoms with E-state index in [1.807, 2.05) is 0 Å². The Bertz CT molecular complexity index is 627. The minimum absolute atomic E-state index is 0. The molecule has 0 fully saturated rings. The third kappa shape index (κ3) is 5.34. The fourth-order valence-corrected chi connectivity index (χ4v) is 4.74. The number of hydrogen-bond donors (Lipinski definition) is 0. The molecular weight excluding hydrogens is 800 g/mol. The van der Waals surface area contributed by atoms with E-state index in [1.165, 1.54) is 17.9 Å². The average molecular weight is 849 g/mol. The van der Waals surface area contributed by atoms with E-state index >= 15 is 0 Å². The van der Waals surface area contributed by atoms with Crippen LogP contribution in [0.3, 0.4) is 0 Å². The van der Waals surface area contributed by atoms with Crippen molar-refractivity contribution in [1.82, 2.24) is 0 Å². The van der Waals surface area contributed by atoms with Gasteiger partial charge in [-0.15, -0.1) is 24.8 Å². The van der Waals surface area contributed by atoms with Gasteiger partial charge in [-0.25, -0.2) is 17.6 Å². The predicted molar refractivity (Wildman–Crippen MR) is 123 cm³/mol. The van der Waals surface area contributed by atoms with Crippen molar-refractivity contribution in [2.24, 2.45) is 27.1 Å². The van der Waals surface area contributed by atoms with Crippen molar-refractivity contribution >= 4 is 0 Å². The Morgan fingerprint density at radius 3 is 1.52 bits per heavy atom. The van der Waals surface area contributed by atoms with E-state index in [9.17, 15) is 0 Å².